The number of hydrogen-bond acceptors (Lipinski definition) is 6. The summed E-state index contributed by atoms with van der Waals surface area (Å²) in [4.78, 5) is 4.38. The summed E-state index contributed by atoms with van der Waals surface area (Å²) in [6, 6.07) is 0.600. The van der Waals surface area contributed by atoms with Gasteiger partial charge in [0.15, 0.2) is 0 Å². The molecule has 0 radical (unpaired) electrons. The van der Waals surface area contributed by atoms with E-state index in [-0.39, 0.29) is 12.6 Å². The second-order valence-corrected chi connectivity index (χ2v) is 6.62. The molecule has 0 aliphatic heterocycles. The fourth-order valence-corrected chi connectivity index (χ4v) is 3.40. The van der Waals surface area contributed by atoms with Crippen LogP contribution in [0.5, 0.6) is 0 Å². The SMILES string of the molecule is OCc1cn([C@@H]2CCCC[C@@H]2NCc2ncc(C3CC3)o2)nn1. The molecule has 124 valence electrons. The van der Waals surface area contributed by atoms with Crippen LogP contribution >= 0.6 is 0 Å². The van der Waals surface area contributed by atoms with Gasteiger partial charge in [0.2, 0.25) is 5.89 Å². The molecule has 2 aliphatic carbocycles. The summed E-state index contributed by atoms with van der Waals surface area (Å²) < 4.78 is 7.72. The van der Waals surface area contributed by atoms with Gasteiger partial charge in [-0.25, -0.2) is 9.67 Å². The molecule has 7 nitrogen and oxygen atoms in total. The first-order valence-electron chi connectivity index (χ1n) is 8.53. The number of aliphatic hydroxyl groups excluding tert-OH is 1. The van der Waals surface area contributed by atoms with Gasteiger partial charge in [0, 0.05) is 12.0 Å². The van der Waals surface area contributed by atoms with Crippen molar-refractivity contribution < 1.29 is 9.52 Å². The summed E-state index contributed by atoms with van der Waals surface area (Å²) in [6.45, 7) is 0.584. The predicted octanol–water partition coefficient (Wildman–Crippen LogP) is 1.91. The summed E-state index contributed by atoms with van der Waals surface area (Å²) in [5.41, 5.74) is 0.621. The van der Waals surface area contributed by atoms with E-state index in [2.05, 4.69) is 20.6 Å². The molecule has 4 rings (SSSR count). The highest BCUT2D eigenvalue weighted by atomic mass is 16.4. The third-order valence-corrected chi connectivity index (χ3v) is 4.86. The molecular formula is C16H23N5O2. The minimum absolute atomic E-state index is 0.0644. The second kappa shape index (κ2) is 6.41. The van der Waals surface area contributed by atoms with Crippen LogP contribution in [-0.4, -0.2) is 31.1 Å². The molecule has 7 heteroatoms. The lowest BCUT2D eigenvalue weighted by Gasteiger charge is -2.31. The summed E-state index contributed by atoms with van der Waals surface area (Å²) in [6.07, 6.45) is 10.8. The number of oxazole rings is 1. The van der Waals surface area contributed by atoms with Gasteiger partial charge in [-0.2, -0.15) is 0 Å². The molecule has 2 atom stereocenters. The molecule has 0 saturated heterocycles. The van der Waals surface area contributed by atoms with E-state index < -0.39 is 0 Å². The third-order valence-electron chi connectivity index (χ3n) is 4.86. The monoisotopic (exact) mass is 317 g/mol. The molecule has 0 amide bonds. The van der Waals surface area contributed by atoms with Gasteiger partial charge in [-0.1, -0.05) is 18.1 Å². The van der Waals surface area contributed by atoms with Crippen LogP contribution < -0.4 is 5.32 Å². The smallest absolute Gasteiger partial charge is 0.208 e. The normalized spacial score (nSPS) is 24.9. The quantitative estimate of drug-likeness (QED) is 0.846. The molecule has 0 aromatic carbocycles. The van der Waals surface area contributed by atoms with Crippen LogP contribution in [0.3, 0.4) is 0 Å². The van der Waals surface area contributed by atoms with Crippen molar-refractivity contribution >= 4 is 0 Å². The molecule has 2 fully saturated rings. The van der Waals surface area contributed by atoms with Gasteiger partial charge >= 0.3 is 0 Å². The maximum absolute atomic E-state index is 9.17. The van der Waals surface area contributed by atoms with Crippen molar-refractivity contribution in [3.63, 3.8) is 0 Å². The average molecular weight is 317 g/mol. The zero-order valence-electron chi connectivity index (χ0n) is 13.2. The molecule has 2 aromatic rings. The van der Waals surface area contributed by atoms with Crippen LogP contribution in [-0.2, 0) is 13.2 Å². The van der Waals surface area contributed by atoms with E-state index in [0.717, 1.165) is 24.5 Å². The summed E-state index contributed by atoms with van der Waals surface area (Å²) >= 11 is 0. The van der Waals surface area contributed by atoms with E-state index in [1.807, 2.05) is 17.1 Å². The molecule has 0 bridgehead atoms. The minimum Gasteiger partial charge on any atom is -0.444 e. The maximum Gasteiger partial charge on any atom is 0.208 e. The standard InChI is InChI=1S/C16H23N5O2/c22-10-12-9-21(20-19-12)14-4-2-1-3-13(14)17-8-16-18-7-15(23-16)11-5-6-11/h7,9,11,13-14,17,22H,1-6,8,10H2/t13-,14+/m0/s1. The van der Waals surface area contributed by atoms with E-state index in [1.54, 1.807) is 0 Å². The number of nitrogens with one attached hydrogen (secondary N) is 1. The molecule has 23 heavy (non-hydrogen) atoms. The van der Waals surface area contributed by atoms with E-state index in [1.165, 1.54) is 25.7 Å². The average Bonchev–Trinajstić information content (AvgIpc) is 3.14. The van der Waals surface area contributed by atoms with Crippen molar-refractivity contribution in [3.8, 4) is 0 Å². The number of nitrogens with zero attached hydrogens (tertiary/aromatic N) is 4. The fraction of sp³-hybridized carbons (Fsp3) is 0.688. The van der Waals surface area contributed by atoms with Crippen LogP contribution in [0.25, 0.3) is 0 Å². The van der Waals surface area contributed by atoms with Gasteiger partial charge in [-0.05, 0) is 25.7 Å². The van der Waals surface area contributed by atoms with Crippen LogP contribution in [0, 0.1) is 0 Å². The molecule has 0 unspecified atom stereocenters. The number of rotatable bonds is 6. The van der Waals surface area contributed by atoms with Crippen LogP contribution in [0.2, 0.25) is 0 Å². The molecule has 2 saturated carbocycles. The molecule has 2 aliphatic rings. The molecule has 2 heterocycles. The Morgan fingerprint density at radius 3 is 2.91 bits per heavy atom. The predicted molar refractivity (Wildman–Crippen MR) is 82.6 cm³/mol. The fourth-order valence-electron chi connectivity index (χ4n) is 3.40. The lowest BCUT2D eigenvalue weighted by atomic mass is 9.90. The Hall–Kier alpha value is -1.73. The van der Waals surface area contributed by atoms with Gasteiger partial charge in [0.05, 0.1) is 31.6 Å². The van der Waals surface area contributed by atoms with Crippen molar-refractivity contribution in [1.82, 2.24) is 25.3 Å². The number of aliphatic hydroxyl groups is 1. The van der Waals surface area contributed by atoms with Gasteiger partial charge in [0.25, 0.3) is 0 Å². The van der Waals surface area contributed by atoms with E-state index in [9.17, 15) is 0 Å². The highest BCUT2D eigenvalue weighted by Gasteiger charge is 2.29. The lowest BCUT2D eigenvalue weighted by molar-refractivity contribution is 0.236. The highest BCUT2D eigenvalue weighted by Crippen LogP contribution is 2.40. The number of hydrogen-bond donors (Lipinski definition) is 2. The van der Waals surface area contributed by atoms with E-state index >= 15 is 0 Å². The number of aromatic nitrogens is 4. The van der Waals surface area contributed by atoms with Crippen molar-refractivity contribution in [2.75, 3.05) is 0 Å². The minimum atomic E-state index is -0.0644. The highest BCUT2D eigenvalue weighted by molar-refractivity contribution is 5.08. The van der Waals surface area contributed by atoms with Gasteiger partial charge in [0.1, 0.15) is 11.5 Å². The van der Waals surface area contributed by atoms with E-state index in [0.29, 0.717) is 24.2 Å². The first-order chi connectivity index (χ1) is 11.3. The zero-order chi connectivity index (χ0) is 15.6. The van der Waals surface area contributed by atoms with Crippen LogP contribution in [0.4, 0.5) is 0 Å². The first kappa shape index (κ1) is 14.8. The van der Waals surface area contributed by atoms with Crippen molar-refractivity contribution in [2.24, 2.45) is 0 Å². The Morgan fingerprint density at radius 1 is 1.26 bits per heavy atom. The van der Waals surface area contributed by atoms with Crippen LogP contribution in [0.1, 0.15) is 67.8 Å². The van der Waals surface area contributed by atoms with Crippen LogP contribution in [0.15, 0.2) is 16.8 Å². The Bertz CT molecular complexity index is 648. The van der Waals surface area contributed by atoms with Gasteiger partial charge in [-0.15, -0.1) is 5.10 Å². The topological polar surface area (TPSA) is 89.0 Å². The zero-order valence-corrected chi connectivity index (χ0v) is 13.2. The lowest BCUT2D eigenvalue weighted by Crippen LogP contribution is -2.39. The molecule has 2 aromatic heterocycles. The molecule has 0 spiro atoms. The summed E-state index contributed by atoms with van der Waals surface area (Å²) in [7, 11) is 0. The second-order valence-electron chi connectivity index (χ2n) is 6.62. The van der Waals surface area contributed by atoms with Crippen molar-refractivity contribution in [3.05, 3.63) is 29.7 Å². The van der Waals surface area contributed by atoms with E-state index in [4.69, 9.17) is 9.52 Å². The Morgan fingerprint density at radius 2 is 2.13 bits per heavy atom. The molecular weight excluding hydrogens is 294 g/mol. The Labute approximate surface area is 135 Å². The summed E-state index contributed by atoms with van der Waals surface area (Å²) in [5, 5.41) is 20.9. The Kier molecular flexibility index (Phi) is 4.13. The van der Waals surface area contributed by atoms with Gasteiger partial charge < -0.3 is 14.8 Å². The van der Waals surface area contributed by atoms with Gasteiger partial charge in [-0.3, -0.25) is 0 Å². The Balaban J connectivity index is 1.40. The largest absolute Gasteiger partial charge is 0.444 e. The summed E-state index contributed by atoms with van der Waals surface area (Å²) in [5.74, 6) is 2.41. The maximum atomic E-state index is 9.17. The van der Waals surface area contributed by atoms with Crippen molar-refractivity contribution in [1.29, 1.82) is 0 Å². The first-order valence-corrected chi connectivity index (χ1v) is 8.53. The van der Waals surface area contributed by atoms with Crippen molar-refractivity contribution in [2.45, 2.75) is 69.7 Å². The molecule has 2 N–H and O–H groups in total. The third kappa shape index (κ3) is 3.30.